The number of anilines is 1. The third-order valence-electron chi connectivity index (χ3n) is 4.52. The van der Waals surface area contributed by atoms with Gasteiger partial charge >= 0.3 is 0 Å². The fraction of sp³-hybridized carbons (Fsp3) is 0.0909. The molecule has 0 atom stereocenters. The highest BCUT2D eigenvalue weighted by Gasteiger charge is 2.34. The average Bonchev–Trinajstić information content (AvgIpc) is 3.26. The van der Waals surface area contributed by atoms with Gasteiger partial charge in [-0.05, 0) is 42.3 Å². The predicted octanol–water partition coefficient (Wildman–Crippen LogP) is 7.22. The first kappa shape index (κ1) is 20.2. The van der Waals surface area contributed by atoms with Gasteiger partial charge in [0.15, 0.2) is 4.32 Å². The molecule has 0 N–H and O–H groups in total. The van der Waals surface area contributed by atoms with Crippen molar-refractivity contribution in [2.24, 2.45) is 0 Å². The highest BCUT2D eigenvalue weighted by Crippen LogP contribution is 2.39. The van der Waals surface area contributed by atoms with Crippen LogP contribution in [0, 0.1) is 0 Å². The van der Waals surface area contributed by atoms with Crippen LogP contribution in [0.4, 0.5) is 5.69 Å². The molecule has 0 unspecified atom stereocenters. The van der Waals surface area contributed by atoms with Crippen LogP contribution in [-0.4, -0.2) is 10.2 Å². The van der Waals surface area contributed by atoms with E-state index in [1.165, 1.54) is 11.8 Å². The van der Waals surface area contributed by atoms with E-state index in [4.69, 9.17) is 39.8 Å². The van der Waals surface area contributed by atoms with Crippen molar-refractivity contribution in [1.29, 1.82) is 0 Å². The summed E-state index contributed by atoms with van der Waals surface area (Å²) in [5.74, 6) is 0.911. The Kier molecular flexibility index (Phi) is 5.83. The van der Waals surface area contributed by atoms with Crippen molar-refractivity contribution in [3.8, 4) is 11.3 Å². The van der Waals surface area contributed by atoms with E-state index in [2.05, 4.69) is 6.92 Å². The molecule has 0 spiro atoms. The smallest absolute Gasteiger partial charge is 0.270 e. The Labute approximate surface area is 188 Å². The lowest BCUT2D eigenvalue weighted by Crippen LogP contribution is -2.28. The summed E-state index contributed by atoms with van der Waals surface area (Å²) in [6.07, 6.45) is 2.51. The molecule has 1 aromatic heterocycles. The summed E-state index contributed by atoms with van der Waals surface area (Å²) < 4.78 is 6.39. The summed E-state index contributed by atoms with van der Waals surface area (Å²) in [5, 5.41) is 1.00. The molecular weight excluding hydrogens is 445 g/mol. The van der Waals surface area contributed by atoms with Gasteiger partial charge in [-0.2, -0.15) is 0 Å². The van der Waals surface area contributed by atoms with Crippen LogP contribution >= 0.6 is 47.2 Å². The highest BCUT2D eigenvalue weighted by atomic mass is 35.5. The van der Waals surface area contributed by atoms with Crippen LogP contribution < -0.4 is 4.90 Å². The summed E-state index contributed by atoms with van der Waals surface area (Å²) >= 11 is 19.3. The molecule has 2 aromatic carbocycles. The maximum atomic E-state index is 13.0. The number of thioether (sulfide) groups is 1. The zero-order chi connectivity index (χ0) is 20.5. The fourth-order valence-corrected chi connectivity index (χ4v) is 4.98. The van der Waals surface area contributed by atoms with Crippen LogP contribution in [0.3, 0.4) is 0 Å². The van der Waals surface area contributed by atoms with E-state index >= 15 is 0 Å². The predicted molar refractivity (Wildman–Crippen MR) is 126 cm³/mol. The average molecular weight is 460 g/mol. The van der Waals surface area contributed by atoms with Crippen LogP contribution in [0.15, 0.2) is 63.9 Å². The Bertz CT molecular complexity index is 1130. The molecule has 1 aliphatic heterocycles. The molecule has 1 fully saturated rings. The minimum atomic E-state index is -0.158. The Morgan fingerprint density at radius 1 is 1.07 bits per heavy atom. The number of benzene rings is 2. The molecule has 29 heavy (non-hydrogen) atoms. The van der Waals surface area contributed by atoms with E-state index in [-0.39, 0.29) is 5.91 Å². The van der Waals surface area contributed by atoms with Gasteiger partial charge in [0, 0.05) is 6.08 Å². The van der Waals surface area contributed by atoms with Crippen LogP contribution in [0.2, 0.25) is 10.0 Å². The third kappa shape index (κ3) is 3.88. The summed E-state index contributed by atoms with van der Waals surface area (Å²) in [4.78, 5) is 15.1. The van der Waals surface area contributed by atoms with Crippen molar-refractivity contribution in [3.63, 3.8) is 0 Å². The zero-order valence-corrected chi connectivity index (χ0v) is 18.5. The number of rotatable bonds is 4. The van der Waals surface area contributed by atoms with Gasteiger partial charge in [0.2, 0.25) is 0 Å². The molecule has 1 saturated heterocycles. The first-order valence-corrected chi connectivity index (χ1v) is 10.9. The number of thiocarbonyl (C=S) groups is 1. The second-order valence-corrected chi connectivity index (χ2v) is 8.79. The Balaban J connectivity index is 1.66. The summed E-state index contributed by atoms with van der Waals surface area (Å²) in [6, 6.07) is 16.6. The third-order valence-corrected chi connectivity index (χ3v) is 6.45. The fourth-order valence-electron chi connectivity index (χ4n) is 3.13. The van der Waals surface area contributed by atoms with Crippen LogP contribution in [0.25, 0.3) is 17.4 Å². The topological polar surface area (TPSA) is 33.5 Å². The normalized spacial score (nSPS) is 15.6. The largest absolute Gasteiger partial charge is 0.457 e. The number of furan rings is 1. The molecule has 146 valence electrons. The van der Waals surface area contributed by atoms with Gasteiger partial charge in [-0.15, -0.1) is 0 Å². The van der Waals surface area contributed by atoms with Crippen LogP contribution in [0.5, 0.6) is 0 Å². The molecule has 4 rings (SSSR count). The van der Waals surface area contributed by atoms with Crippen LogP contribution in [-0.2, 0) is 11.2 Å². The van der Waals surface area contributed by atoms with Crippen molar-refractivity contribution in [1.82, 2.24) is 0 Å². The van der Waals surface area contributed by atoms with Gasteiger partial charge in [0.05, 0.1) is 26.2 Å². The lowest BCUT2D eigenvalue weighted by Gasteiger charge is -2.17. The first-order chi connectivity index (χ1) is 14.0. The van der Waals surface area contributed by atoms with E-state index in [1.54, 1.807) is 41.3 Å². The number of amides is 1. The summed E-state index contributed by atoms with van der Waals surface area (Å²) in [5.41, 5.74) is 2.52. The molecule has 7 heteroatoms. The van der Waals surface area contributed by atoms with E-state index in [9.17, 15) is 4.79 Å². The van der Waals surface area contributed by atoms with Gasteiger partial charge in [-0.3, -0.25) is 9.69 Å². The molecular formula is C22H15Cl2NO2S2. The molecule has 3 nitrogen and oxygen atoms in total. The molecule has 0 aliphatic carbocycles. The lowest BCUT2D eigenvalue weighted by atomic mass is 10.1. The van der Waals surface area contributed by atoms with Gasteiger partial charge in [-0.1, -0.05) is 78.4 Å². The van der Waals surface area contributed by atoms with Crippen molar-refractivity contribution < 1.29 is 9.21 Å². The maximum absolute atomic E-state index is 13.0. The van der Waals surface area contributed by atoms with Crippen molar-refractivity contribution in [2.75, 3.05) is 4.90 Å². The van der Waals surface area contributed by atoms with Crippen molar-refractivity contribution >= 4 is 69.2 Å². The number of halogens is 2. The lowest BCUT2D eigenvalue weighted by molar-refractivity contribution is -0.113. The Morgan fingerprint density at radius 2 is 1.79 bits per heavy atom. The van der Waals surface area contributed by atoms with E-state index in [0.717, 1.165) is 17.7 Å². The number of hydrogen-bond donors (Lipinski definition) is 0. The molecule has 1 aliphatic rings. The van der Waals surface area contributed by atoms with Crippen molar-refractivity contribution in [2.45, 2.75) is 13.3 Å². The zero-order valence-electron chi connectivity index (χ0n) is 15.3. The molecule has 2 heterocycles. The van der Waals surface area contributed by atoms with E-state index in [0.29, 0.717) is 36.4 Å². The molecule has 0 radical (unpaired) electrons. The summed E-state index contributed by atoms with van der Waals surface area (Å²) in [7, 11) is 0. The van der Waals surface area contributed by atoms with Crippen LogP contribution in [0.1, 0.15) is 18.2 Å². The van der Waals surface area contributed by atoms with Gasteiger partial charge in [0.1, 0.15) is 11.5 Å². The number of para-hydroxylation sites is 1. The molecule has 1 amide bonds. The number of carbonyl (C=O) groups is 1. The van der Waals surface area contributed by atoms with Crippen molar-refractivity contribution in [3.05, 3.63) is 80.9 Å². The Morgan fingerprint density at radius 3 is 2.52 bits per heavy atom. The second kappa shape index (κ2) is 8.36. The molecule has 0 saturated carbocycles. The second-order valence-electron chi connectivity index (χ2n) is 6.30. The van der Waals surface area contributed by atoms with Gasteiger partial charge < -0.3 is 4.42 Å². The maximum Gasteiger partial charge on any atom is 0.270 e. The SMILES string of the molecule is CCc1ccccc1N1C(=O)C(=Cc2ccc(-c3c(Cl)cccc3Cl)o2)SC1=S. The van der Waals surface area contributed by atoms with E-state index < -0.39 is 0 Å². The summed E-state index contributed by atoms with van der Waals surface area (Å²) in [6.45, 7) is 2.05. The minimum Gasteiger partial charge on any atom is -0.457 e. The number of hydrogen-bond acceptors (Lipinski definition) is 4. The monoisotopic (exact) mass is 459 g/mol. The molecule has 0 bridgehead atoms. The number of carbonyl (C=O) groups excluding carboxylic acids is 1. The Hall–Kier alpha value is -2.05. The van der Waals surface area contributed by atoms with Gasteiger partial charge in [-0.25, -0.2) is 0 Å². The van der Waals surface area contributed by atoms with Gasteiger partial charge in [0.25, 0.3) is 5.91 Å². The number of aryl methyl sites for hydroxylation is 1. The molecule has 3 aromatic rings. The number of nitrogens with zero attached hydrogens (tertiary/aromatic N) is 1. The van der Waals surface area contributed by atoms with E-state index in [1.807, 2.05) is 24.3 Å². The minimum absolute atomic E-state index is 0.158. The first-order valence-electron chi connectivity index (χ1n) is 8.89. The highest BCUT2D eigenvalue weighted by molar-refractivity contribution is 8.27. The standard InChI is InChI=1S/C22H15Cl2NO2S2/c1-2-13-6-3-4-9-17(13)25-21(26)19(29-22(25)28)12-14-10-11-18(27-14)20-15(23)7-5-8-16(20)24/h3-12H,2H2,1H3. The quantitative estimate of drug-likeness (QED) is 0.304.